The maximum Gasteiger partial charge on any atom is 0.346 e. The third kappa shape index (κ3) is 24.3. The van der Waals surface area contributed by atoms with Crippen molar-refractivity contribution in [2.45, 2.75) is 67.2 Å². The van der Waals surface area contributed by atoms with Crippen LogP contribution in [0.3, 0.4) is 0 Å². The summed E-state index contributed by atoms with van der Waals surface area (Å²) in [6.07, 6.45) is 4.61. The Balaban J connectivity index is 0. The van der Waals surface area contributed by atoms with E-state index >= 15 is 0 Å². The van der Waals surface area contributed by atoms with Crippen molar-refractivity contribution in [2.75, 3.05) is 65.7 Å². The molecule has 1 heterocycles. The van der Waals surface area contributed by atoms with Crippen LogP contribution in [0.4, 0.5) is 0 Å². The van der Waals surface area contributed by atoms with E-state index in [0.29, 0.717) is 43.4 Å². The minimum atomic E-state index is -1.18. The number of ether oxygens (including phenoxy) is 4. The summed E-state index contributed by atoms with van der Waals surface area (Å²) < 4.78 is 18.7. The molecule has 14 heteroatoms. The molecule has 0 bridgehead atoms. The third-order valence-electron chi connectivity index (χ3n) is 7.92. The van der Waals surface area contributed by atoms with Crippen molar-refractivity contribution in [3.63, 3.8) is 0 Å². The van der Waals surface area contributed by atoms with Crippen LogP contribution < -0.4 is 4.90 Å². The lowest BCUT2D eigenvalue weighted by Gasteiger charge is -2.13. The topological polar surface area (TPSA) is 187 Å². The fourth-order valence-corrected chi connectivity index (χ4v) is 4.43. The van der Waals surface area contributed by atoms with Crippen LogP contribution >= 0.6 is 0 Å². The number of benzene rings is 2. The zero-order valence-electron chi connectivity index (χ0n) is 34.0. The Morgan fingerprint density at radius 1 is 0.661 bits per heavy atom. The van der Waals surface area contributed by atoms with Crippen LogP contribution in [0, 0.1) is 0 Å². The number of quaternary nitrogens is 1. The molecule has 0 saturated heterocycles. The molecule has 0 amide bonds. The molecule has 1 aliphatic rings. The molecule has 0 saturated carbocycles. The lowest BCUT2D eigenvalue weighted by atomic mass is 10.1. The van der Waals surface area contributed by atoms with Gasteiger partial charge in [-0.2, -0.15) is 0 Å². The van der Waals surface area contributed by atoms with Crippen LogP contribution in [0.2, 0.25) is 0 Å². The highest BCUT2D eigenvalue weighted by Crippen LogP contribution is 2.18. The van der Waals surface area contributed by atoms with E-state index in [2.05, 4.69) is 69.1 Å². The number of aromatic carboxylic acids is 1. The number of aliphatic hydroxyl groups is 1. The average molecular weight is 788 g/mol. The van der Waals surface area contributed by atoms with E-state index in [1.807, 2.05) is 0 Å². The normalized spacial score (nSPS) is 10.7. The van der Waals surface area contributed by atoms with Crippen LogP contribution in [-0.2, 0) is 28.5 Å². The molecule has 14 nitrogen and oxygen atoms in total. The van der Waals surface area contributed by atoms with E-state index < -0.39 is 35.8 Å². The van der Waals surface area contributed by atoms with Gasteiger partial charge in [-0.05, 0) is 90.4 Å². The van der Waals surface area contributed by atoms with Gasteiger partial charge >= 0.3 is 35.8 Å². The number of cyclic esters (lactones) is 2. The first-order valence-electron chi connectivity index (χ1n) is 19.0. The molecule has 1 aliphatic heterocycles. The van der Waals surface area contributed by atoms with Gasteiger partial charge in [-0.25, -0.2) is 28.8 Å². The summed E-state index contributed by atoms with van der Waals surface area (Å²) in [5, 5.41) is 17.3. The first-order valence-corrected chi connectivity index (χ1v) is 19.0. The molecule has 2 aromatic rings. The van der Waals surface area contributed by atoms with E-state index in [0.717, 1.165) is 12.2 Å². The molecular weight excluding hydrogens is 724 g/mol. The largest absolute Gasteiger partial charge is 0.478 e. The molecule has 2 aromatic carbocycles. The predicted octanol–water partition coefficient (Wildman–Crippen LogP) is 4.82. The second kappa shape index (κ2) is 34.3. The molecular formula is C42H63N2O12+. The van der Waals surface area contributed by atoms with Gasteiger partial charge in [-0.15, -0.1) is 0 Å². The summed E-state index contributed by atoms with van der Waals surface area (Å²) in [7, 11) is 0. The Morgan fingerprint density at radius 2 is 1.05 bits per heavy atom. The first kappa shape index (κ1) is 52.9. The molecule has 0 aliphatic carbocycles. The Labute approximate surface area is 332 Å². The highest BCUT2D eigenvalue weighted by molar-refractivity contribution is 6.14. The van der Waals surface area contributed by atoms with Crippen molar-refractivity contribution in [3.8, 4) is 0 Å². The zero-order valence-corrected chi connectivity index (χ0v) is 34.0. The van der Waals surface area contributed by atoms with Crippen molar-refractivity contribution in [3.05, 3.63) is 96.1 Å². The molecule has 0 radical (unpaired) electrons. The number of aliphatic hydroxyl groups excluding tert-OH is 1. The van der Waals surface area contributed by atoms with Gasteiger partial charge in [0.05, 0.1) is 61.7 Å². The SMILES string of the molecule is C=CC(=O)OCCCCO.C=CC(=O)OCCCCOC(=O)c1ccccc1C(=O)O.CCN(CC)CC.CC[NH+](CC)CC.O=C1OC(=O)c2ccccc21. The standard InChI is InChI=1S/C15H16O6.C8H4O3.C7H12O3.2C6H15N/c1-2-13(16)20-9-5-6-10-21-15(19)12-8-4-3-7-11(12)14(17)18;9-7-5-3-1-2-4-6(5)8(10)11-7;1-2-7(9)10-6-4-3-5-8;2*1-4-7(5-2)6-3/h2-4,7-8H,1,5-6,9-10H2,(H,17,18);1-4H;2,8H,1,3-6H2;2*4-6H2,1-3H3/p+1. The lowest BCUT2D eigenvalue weighted by molar-refractivity contribution is -0.894. The summed E-state index contributed by atoms with van der Waals surface area (Å²) in [4.78, 5) is 69.6. The fraction of sp³-hybridized carbons (Fsp3) is 0.476. The van der Waals surface area contributed by atoms with Crippen LogP contribution in [0.25, 0.3) is 0 Å². The molecule has 3 rings (SSSR count). The quantitative estimate of drug-likeness (QED) is 0.0579. The maximum atomic E-state index is 11.8. The van der Waals surface area contributed by atoms with Gasteiger partial charge in [0.1, 0.15) is 0 Å². The van der Waals surface area contributed by atoms with E-state index in [9.17, 15) is 28.8 Å². The van der Waals surface area contributed by atoms with Gasteiger partial charge in [0.2, 0.25) is 0 Å². The monoisotopic (exact) mass is 787 g/mol. The molecule has 0 unspecified atom stereocenters. The number of hydrogen-bond acceptors (Lipinski definition) is 12. The number of carbonyl (C=O) groups is 6. The number of carboxylic acids is 1. The minimum Gasteiger partial charge on any atom is -0.478 e. The molecule has 0 atom stereocenters. The minimum absolute atomic E-state index is 0.0167. The van der Waals surface area contributed by atoms with Gasteiger partial charge in [-0.1, -0.05) is 58.2 Å². The van der Waals surface area contributed by atoms with Crippen molar-refractivity contribution in [1.82, 2.24) is 4.90 Å². The predicted molar refractivity (Wildman–Crippen MR) is 214 cm³/mol. The van der Waals surface area contributed by atoms with E-state index in [1.165, 1.54) is 57.5 Å². The summed E-state index contributed by atoms with van der Waals surface area (Å²) in [5.41, 5.74) is 0.639. The molecule has 56 heavy (non-hydrogen) atoms. The van der Waals surface area contributed by atoms with Gasteiger partial charge < -0.3 is 39.0 Å². The molecule has 312 valence electrons. The maximum absolute atomic E-state index is 11.8. The van der Waals surface area contributed by atoms with Crippen LogP contribution in [0.1, 0.15) is 109 Å². The Kier molecular flexibility index (Phi) is 32.4. The number of nitrogens with zero attached hydrogens (tertiary/aromatic N) is 1. The lowest BCUT2D eigenvalue weighted by Crippen LogP contribution is -3.11. The molecule has 0 fully saturated rings. The number of fused-ring (bicyclic) bond motifs is 1. The zero-order chi connectivity index (χ0) is 42.7. The van der Waals surface area contributed by atoms with Crippen LogP contribution in [0.15, 0.2) is 73.8 Å². The van der Waals surface area contributed by atoms with Crippen LogP contribution in [-0.4, -0.2) is 117 Å². The van der Waals surface area contributed by atoms with Gasteiger partial charge in [-0.3, -0.25) is 0 Å². The fourth-order valence-electron chi connectivity index (χ4n) is 4.43. The average Bonchev–Trinajstić information content (AvgIpc) is 3.52. The van der Waals surface area contributed by atoms with E-state index in [1.54, 1.807) is 35.2 Å². The summed E-state index contributed by atoms with van der Waals surface area (Å²) in [6.45, 7) is 28.0. The van der Waals surface area contributed by atoms with E-state index in [-0.39, 0.29) is 30.9 Å². The second-order valence-corrected chi connectivity index (χ2v) is 11.5. The smallest absolute Gasteiger partial charge is 0.346 e. The molecule has 3 N–H and O–H groups in total. The Bertz CT molecular complexity index is 1410. The number of esters is 5. The highest BCUT2D eigenvalue weighted by atomic mass is 16.6. The summed E-state index contributed by atoms with van der Waals surface area (Å²) in [6, 6.07) is 12.4. The number of carboxylic acid groups (broad SMARTS) is 1. The third-order valence-corrected chi connectivity index (χ3v) is 7.92. The van der Waals surface area contributed by atoms with Crippen molar-refractivity contribution < 1.29 is 62.8 Å². The second-order valence-electron chi connectivity index (χ2n) is 11.5. The summed E-state index contributed by atoms with van der Waals surface area (Å²) >= 11 is 0. The highest BCUT2D eigenvalue weighted by Gasteiger charge is 2.28. The Hall–Kier alpha value is -5.18. The molecule has 0 spiro atoms. The molecule has 0 aromatic heterocycles. The van der Waals surface area contributed by atoms with Gasteiger partial charge in [0.15, 0.2) is 0 Å². The van der Waals surface area contributed by atoms with E-state index in [4.69, 9.17) is 19.7 Å². The number of carbonyl (C=O) groups excluding carboxylic acids is 5. The number of hydrogen-bond donors (Lipinski definition) is 3. The van der Waals surface area contributed by atoms with Crippen LogP contribution in [0.5, 0.6) is 0 Å². The van der Waals surface area contributed by atoms with Gasteiger partial charge in [0.25, 0.3) is 0 Å². The van der Waals surface area contributed by atoms with Crippen molar-refractivity contribution in [1.29, 1.82) is 0 Å². The summed E-state index contributed by atoms with van der Waals surface area (Å²) in [5.74, 6) is -3.87. The number of unbranched alkanes of at least 4 members (excludes halogenated alkanes) is 2. The van der Waals surface area contributed by atoms with Crippen molar-refractivity contribution in [2.24, 2.45) is 0 Å². The number of nitrogens with one attached hydrogen (secondary N) is 1. The van der Waals surface area contributed by atoms with Gasteiger partial charge in [0, 0.05) is 18.8 Å². The first-order chi connectivity index (χ1) is 26.8. The Morgan fingerprint density at radius 3 is 1.39 bits per heavy atom. The number of rotatable bonds is 19. The van der Waals surface area contributed by atoms with Crippen molar-refractivity contribution >= 4 is 35.8 Å².